The van der Waals surface area contributed by atoms with E-state index < -0.39 is 5.97 Å². The lowest BCUT2D eigenvalue weighted by Gasteiger charge is -2.08. The lowest BCUT2D eigenvalue weighted by atomic mass is 10.00. The lowest BCUT2D eigenvalue weighted by molar-refractivity contribution is 0.0526. The molecule has 0 fully saturated rings. The van der Waals surface area contributed by atoms with Crippen LogP contribution in [0.5, 0.6) is 0 Å². The number of Topliss-reactive ketones (excluding diaryl/α,β-unsaturated/α-hetero) is 1. The van der Waals surface area contributed by atoms with E-state index >= 15 is 0 Å². The summed E-state index contributed by atoms with van der Waals surface area (Å²) in [7, 11) is 0. The molecule has 1 aromatic rings. The quantitative estimate of drug-likeness (QED) is 0.627. The van der Waals surface area contributed by atoms with Crippen molar-refractivity contribution in [2.24, 2.45) is 0 Å². The molecule has 1 rings (SSSR count). The Morgan fingerprint density at radius 1 is 1.29 bits per heavy atom. The highest BCUT2D eigenvalue weighted by Gasteiger charge is 2.13. The average Bonchev–Trinajstić information content (AvgIpc) is 2.37. The Bertz CT molecular complexity index is 423. The Balaban J connectivity index is 3.08. The second kappa shape index (κ2) is 6.15. The third kappa shape index (κ3) is 3.14. The SMILES string of the molecule is CCOC(=O)c1ccc(C(=O)CC)c(CO)c1. The first-order valence-electron chi connectivity index (χ1n) is 5.58. The molecule has 0 aliphatic carbocycles. The second-order valence-electron chi connectivity index (χ2n) is 3.53. The average molecular weight is 236 g/mol. The van der Waals surface area contributed by atoms with Gasteiger partial charge in [0.05, 0.1) is 18.8 Å². The van der Waals surface area contributed by atoms with E-state index in [1.54, 1.807) is 26.0 Å². The van der Waals surface area contributed by atoms with Gasteiger partial charge in [0.15, 0.2) is 5.78 Å². The number of ketones is 1. The highest BCUT2D eigenvalue weighted by Crippen LogP contribution is 2.15. The van der Waals surface area contributed by atoms with Crippen molar-refractivity contribution in [2.45, 2.75) is 26.9 Å². The van der Waals surface area contributed by atoms with Crippen LogP contribution >= 0.6 is 0 Å². The van der Waals surface area contributed by atoms with Crippen LogP contribution in [0.15, 0.2) is 18.2 Å². The topological polar surface area (TPSA) is 63.6 Å². The Morgan fingerprint density at radius 3 is 2.53 bits per heavy atom. The highest BCUT2D eigenvalue weighted by atomic mass is 16.5. The van der Waals surface area contributed by atoms with Gasteiger partial charge in [-0.1, -0.05) is 13.0 Å². The largest absolute Gasteiger partial charge is 0.462 e. The molecular formula is C13H16O4. The summed E-state index contributed by atoms with van der Waals surface area (Å²) in [6.45, 7) is 3.50. The standard InChI is InChI=1S/C13H16O4/c1-3-12(15)11-6-5-9(7-10(11)8-14)13(16)17-4-2/h5-7,14H,3-4,8H2,1-2H3. The van der Waals surface area contributed by atoms with E-state index in [4.69, 9.17) is 4.74 Å². The molecule has 17 heavy (non-hydrogen) atoms. The summed E-state index contributed by atoms with van der Waals surface area (Å²) >= 11 is 0. The molecule has 4 nitrogen and oxygen atoms in total. The van der Waals surface area contributed by atoms with E-state index in [9.17, 15) is 14.7 Å². The first-order chi connectivity index (χ1) is 8.13. The summed E-state index contributed by atoms with van der Waals surface area (Å²) in [5.74, 6) is -0.498. The Morgan fingerprint density at radius 2 is 2.00 bits per heavy atom. The molecule has 0 heterocycles. The van der Waals surface area contributed by atoms with Gasteiger partial charge in [0.25, 0.3) is 0 Å². The summed E-state index contributed by atoms with van der Waals surface area (Å²) in [6, 6.07) is 4.60. The van der Waals surface area contributed by atoms with Gasteiger partial charge in [-0.05, 0) is 24.6 Å². The number of benzene rings is 1. The lowest BCUT2D eigenvalue weighted by Crippen LogP contribution is -2.08. The number of hydrogen-bond donors (Lipinski definition) is 1. The van der Waals surface area contributed by atoms with Crippen LogP contribution in [0, 0.1) is 0 Å². The minimum absolute atomic E-state index is 0.0514. The number of ether oxygens (including phenoxy) is 1. The summed E-state index contributed by atoms with van der Waals surface area (Å²) < 4.78 is 4.85. The van der Waals surface area contributed by atoms with Crippen LogP contribution in [-0.4, -0.2) is 23.5 Å². The smallest absolute Gasteiger partial charge is 0.338 e. The van der Waals surface area contributed by atoms with Gasteiger partial charge in [-0.3, -0.25) is 4.79 Å². The normalized spacial score (nSPS) is 10.1. The molecule has 0 saturated heterocycles. The summed E-state index contributed by atoms with van der Waals surface area (Å²) in [4.78, 5) is 23.0. The molecule has 0 bridgehead atoms. The highest BCUT2D eigenvalue weighted by molar-refractivity contribution is 5.99. The first kappa shape index (κ1) is 13.4. The maximum atomic E-state index is 11.6. The van der Waals surface area contributed by atoms with Crippen molar-refractivity contribution in [1.29, 1.82) is 0 Å². The number of carbonyl (C=O) groups is 2. The molecule has 4 heteroatoms. The molecule has 0 amide bonds. The van der Waals surface area contributed by atoms with E-state index in [-0.39, 0.29) is 12.4 Å². The van der Waals surface area contributed by atoms with E-state index in [1.807, 2.05) is 0 Å². The van der Waals surface area contributed by atoms with E-state index in [2.05, 4.69) is 0 Å². The van der Waals surface area contributed by atoms with Crippen molar-refractivity contribution in [1.82, 2.24) is 0 Å². The molecule has 0 unspecified atom stereocenters. The maximum absolute atomic E-state index is 11.6. The second-order valence-corrected chi connectivity index (χ2v) is 3.53. The fourth-order valence-electron chi connectivity index (χ4n) is 1.53. The predicted molar refractivity (Wildman–Crippen MR) is 62.9 cm³/mol. The zero-order valence-corrected chi connectivity index (χ0v) is 10.0. The maximum Gasteiger partial charge on any atom is 0.338 e. The first-order valence-corrected chi connectivity index (χ1v) is 5.58. The fourth-order valence-corrected chi connectivity index (χ4v) is 1.53. The molecular weight excluding hydrogens is 220 g/mol. The summed E-state index contributed by atoms with van der Waals surface area (Å²) in [6.07, 6.45) is 0.367. The number of carbonyl (C=O) groups excluding carboxylic acids is 2. The molecule has 0 radical (unpaired) electrons. The van der Waals surface area contributed by atoms with E-state index in [0.29, 0.717) is 29.7 Å². The van der Waals surface area contributed by atoms with Crippen molar-refractivity contribution >= 4 is 11.8 Å². The van der Waals surface area contributed by atoms with Crippen molar-refractivity contribution in [2.75, 3.05) is 6.61 Å². The molecule has 0 aliphatic heterocycles. The fraction of sp³-hybridized carbons (Fsp3) is 0.385. The van der Waals surface area contributed by atoms with Gasteiger partial charge in [0.2, 0.25) is 0 Å². The number of rotatable bonds is 5. The molecule has 1 N–H and O–H groups in total. The third-order valence-electron chi connectivity index (χ3n) is 2.41. The molecule has 0 saturated carbocycles. The summed E-state index contributed by atoms with van der Waals surface area (Å²) in [5.41, 5.74) is 1.27. The molecule has 0 spiro atoms. The van der Waals surface area contributed by atoms with Gasteiger partial charge >= 0.3 is 5.97 Å². The van der Waals surface area contributed by atoms with Crippen molar-refractivity contribution in [3.8, 4) is 0 Å². The molecule has 0 aliphatic rings. The number of aliphatic hydroxyl groups excluding tert-OH is 1. The zero-order valence-electron chi connectivity index (χ0n) is 10.0. The van der Waals surface area contributed by atoms with Gasteiger partial charge < -0.3 is 9.84 Å². The number of hydrogen-bond acceptors (Lipinski definition) is 4. The minimum Gasteiger partial charge on any atom is -0.462 e. The number of aliphatic hydroxyl groups is 1. The molecule has 92 valence electrons. The van der Waals surface area contributed by atoms with E-state index in [1.165, 1.54) is 6.07 Å². The van der Waals surface area contributed by atoms with Crippen LogP contribution in [0.1, 0.15) is 46.5 Å². The van der Waals surface area contributed by atoms with E-state index in [0.717, 1.165) is 0 Å². The minimum atomic E-state index is -0.447. The van der Waals surface area contributed by atoms with Gasteiger partial charge in [-0.25, -0.2) is 4.79 Å². The van der Waals surface area contributed by atoms with Crippen molar-refractivity contribution in [3.05, 3.63) is 34.9 Å². The predicted octanol–water partition coefficient (Wildman–Crippen LogP) is 1.95. The number of esters is 1. The van der Waals surface area contributed by atoms with Crippen LogP contribution in [-0.2, 0) is 11.3 Å². The van der Waals surface area contributed by atoms with Crippen molar-refractivity contribution < 1.29 is 19.4 Å². The van der Waals surface area contributed by atoms with Gasteiger partial charge in [0.1, 0.15) is 0 Å². The molecule has 0 atom stereocenters. The van der Waals surface area contributed by atoms with Crippen LogP contribution in [0.2, 0.25) is 0 Å². The Kier molecular flexibility index (Phi) is 4.84. The van der Waals surface area contributed by atoms with Crippen molar-refractivity contribution in [3.63, 3.8) is 0 Å². The molecule has 1 aromatic carbocycles. The van der Waals surface area contributed by atoms with Gasteiger partial charge in [0, 0.05) is 12.0 Å². The third-order valence-corrected chi connectivity index (χ3v) is 2.41. The summed E-state index contributed by atoms with van der Waals surface area (Å²) in [5, 5.41) is 9.19. The Labute approximate surface area is 100 Å². The zero-order chi connectivity index (χ0) is 12.8. The van der Waals surface area contributed by atoms with Crippen LogP contribution in [0.25, 0.3) is 0 Å². The van der Waals surface area contributed by atoms with Gasteiger partial charge in [-0.2, -0.15) is 0 Å². The van der Waals surface area contributed by atoms with Crippen LogP contribution in [0.4, 0.5) is 0 Å². The molecule has 0 aromatic heterocycles. The Hall–Kier alpha value is -1.68. The van der Waals surface area contributed by atoms with Gasteiger partial charge in [-0.15, -0.1) is 0 Å². The van der Waals surface area contributed by atoms with Crippen LogP contribution in [0.3, 0.4) is 0 Å². The monoisotopic (exact) mass is 236 g/mol. The van der Waals surface area contributed by atoms with Crippen LogP contribution < -0.4 is 0 Å².